The van der Waals surface area contributed by atoms with E-state index in [1.165, 1.54) is 30.2 Å². The Balaban J connectivity index is 1.48. The van der Waals surface area contributed by atoms with Crippen LogP contribution in [-0.4, -0.2) is 39.5 Å². The number of aromatic nitrogens is 3. The van der Waals surface area contributed by atoms with Crippen LogP contribution in [0.2, 0.25) is 5.02 Å². The highest BCUT2D eigenvalue weighted by molar-refractivity contribution is 7.99. The number of esters is 1. The minimum absolute atomic E-state index is 0.0787. The molecule has 0 aliphatic rings. The predicted octanol–water partition coefficient (Wildman–Crippen LogP) is 6.95. The lowest BCUT2D eigenvalue weighted by atomic mass is 10.0. The van der Waals surface area contributed by atoms with Gasteiger partial charge in [-0.25, -0.2) is 4.79 Å². The first-order valence-electron chi connectivity index (χ1n) is 12.3. The third-order valence-electron chi connectivity index (χ3n) is 5.94. The van der Waals surface area contributed by atoms with Crippen LogP contribution in [0.5, 0.6) is 5.75 Å². The van der Waals surface area contributed by atoms with Crippen molar-refractivity contribution in [1.29, 1.82) is 0 Å². The van der Waals surface area contributed by atoms with Crippen LogP contribution < -0.4 is 10.1 Å². The van der Waals surface area contributed by atoms with Gasteiger partial charge in [-0.2, -0.15) is 0 Å². The van der Waals surface area contributed by atoms with Gasteiger partial charge in [-0.05, 0) is 51.0 Å². The van der Waals surface area contributed by atoms with Crippen molar-refractivity contribution in [3.05, 3.63) is 75.4 Å². The van der Waals surface area contributed by atoms with Crippen molar-refractivity contribution in [2.75, 3.05) is 18.2 Å². The van der Waals surface area contributed by atoms with E-state index < -0.39 is 12.1 Å². The van der Waals surface area contributed by atoms with E-state index in [2.05, 4.69) is 15.5 Å². The molecule has 0 saturated heterocycles. The zero-order valence-corrected chi connectivity index (χ0v) is 24.7. The fourth-order valence-corrected chi connectivity index (χ4v) is 6.18. The maximum Gasteiger partial charge on any atom is 0.341 e. The minimum atomic E-state index is -0.501. The van der Waals surface area contributed by atoms with Gasteiger partial charge in [0.1, 0.15) is 16.3 Å². The van der Waals surface area contributed by atoms with Crippen LogP contribution in [0.15, 0.2) is 53.7 Å². The third-order valence-corrected chi connectivity index (χ3v) is 8.24. The Morgan fingerprint density at radius 2 is 1.90 bits per heavy atom. The highest BCUT2D eigenvalue weighted by atomic mass is 35.5. The topological polar surface area (TPSA) is 95.3 Å². The van der Waals surface area contributed by atoms with Gasteiger partial charge in [-0.3, -0.25) is 4.79 Å². The molecule has 0 aliphatic heterocycles. The molecule has 2 aromatic carbocycles. The van der Waals surface area contributed by atoms with Gasteiger partial charge in [0.15, 0.2) is 17.1 Å². The summed E-state index contributed by atoms with van der Waals surface area (Å²) in [4.78, 5) is 26.6. The van der Waals surface area contributed by atoms with Gasteiger partial charge < -0.3 is 19.4 Å². The van der Waals surface area contributed by atoms with Gasteiger partial charge in [0.2, 0.25) is 5.91 Å². The Hall–Kier alpha value is -3.34. The van der Waals surface area contributed by atoms with Crippen LogP contribution in [0.3, 0.4) is 0 Å². The van der Waals surface area contributed by atoms with Crippen molar-refractivity contribution in [3.63, 3.8) is 0 Å². The van der Waals surface area contributed by atoms with E-state index in [0.717, 1.165) is 21.6 Å². The van der Waals surface area contributed by atoms with Crippen LogP contribution >= 0.6 is 34.7 Å². The molecule has 1 amide bonds. The smallest absolute Gasteiger partial charge is 0.341 e. The van der Waals surface area contributed by atoms with Crippen molar-refractivity contribution < 1.29 is 19.1 Å². The normalized spacial score (nSPS) is 11.7. The van der Waals surface area contributed by atoms with E-state index >= 15 is 0 Å². The summed E-state index contributed by atoms with van der Waals surface area (Å²) in [5.74, 6) is 0.515. The second-order valence-corrected chi connectivity index (χ2v) is 11.3. The fourth-order valence-electron chi connectivity index (χ4n) is 4.12. The first-order chi connectivity index (χ1) is 18.7. The average molecular weight is 585 g/mol. The number of carbonyl (C=O) groups is 2. The van der Waals surface area contributed by atoms with Gasteiger partial charge in [0, 0.05) is 17.0 Å². The molecule has 8 nitrogen and oxygen atoms in total. The molecule has 2 heterocycles. The van der Waals surface area contributed by atoms with Crippen molar-refractivity contribution in [2.24, 2.45) is 0 Å². The lowest BCUT2D eigenvalue weighted by Crippen LogP contribution is -2.17. The number of aryl methyl sites for hydroxylation is 2. The molecule has 1 atom stereocenters. The number of rotatable bonds is 10. The third kappa shape index (κ3) is 6.46. The van der Waals surface area contributed by atoms with Crippen LogP contribution in [0, 0.1) is 13.8 Å². The Labute approximate surface area is 240 Å². The Morgan fingerprint density at radius 1 is 1.15 bits per heavy atom. The summed E-state index contributed by atoms with van der Waals surface area (Å²) in [6, 6.07) is 15.2. The molecule has 11 heteroatoms. The van der Waals surface area contributed by atoms with E-state index in [1.807, 2.05) is 74.7 Å². The number of methoxy groups -OCH3 is 1. The van der Waals surface area contributed by atoms with Crippen LogP contribution in [0.1, 0.15) is 46.6 Å². The van der Waals surface area contributed by atoms with E-state index in [4.69, 9.17) is 21.1 Å². The average Bonchev–Trinajstić information content (AvgIpc) is 3.49. The molecule has 0 fully saturated rings. The number of benzene rings is 2. The molecule has 0 radical (unpaired) electrons. The van der Waals surface area contributed by atoms with E-state index in [1.54, 1.807) is 6.07 Å². The lowest BCUT2D eigenvalue weighted by molar-refractivity contribution is -0.113. The Morgan fingerprint density at radius 3 is 2.59 bits per heavy atom. The molecule has 2 aromatic heterocycles. The van der Waals surface area contributed by atoms with Gasteiger partial charge >= 0.3 is 5.97 Å². The van der Waals surface area contributed by atoms with Gasteiger partial charge in [0.05, 0.1) is 17.9 Å². The highest BCUT2D eigenvalue weighted by Gasteiger charge is 2.26. The number of nitrogens with one attached hydrogen (secondary N) is 1. The molecule has 39 heavy (non-hydrogen) atoms. The summed E-state index contributed by atoms with van der Waals surface area (Å²) in [6.07, 6.45) is -0.409. The van der Waals surface area contributed by atoms with Gasteiger partial charge in [-0.15, -0.1) is 21.5 Å². The summed E-state index contributed by atoms with van der Waals surface area (Å²) in [6.45, 7) is 8.34. The van der Waals surface area contributed by atoms with Crippen LogP contribution in [-0.2, 0) is 16.1 Å². The predicted molar refractivity (Wildman–Crippen MR) is 156 cm³/mol. The quantitative estimate of drug-likeness (QED) is 0.159. The molecule has 0 spiro atoms. The molecule has 204 valence electrons. The van der Waals surface area contributed by atoms with Crippen molar-refractivity contribution >= 4 is 51.6 Å². The zero-order chi connectivity index (χ0) is 28.1. The standard InChI is InChI=1S/C28H29ClN4O4S2/c1-6-33-25(17(3)37-21-14-16(2)12-13-20(21)29)31-32-28(33)38-15-22(34)30-26-24(27(35)36-5)23(18(4)39-26)19-10-8-7-9-11-19/h7-14,17H,6,15H2,1-5H3,(H,30,34). The second kappa shape index (κ2) is 12.7. The Bertz CT molecular complexity index is 1490. The number of ether oxygens (including phenoxy) is 2. The summed E-state index contributed by atoms with van der Waals surface area (Å²) in [5.41, 5.74) is 3.03. The molecular formula is C28H29ClN4O4S2. The second-order valence-electron chi connectivity index (χ2n) is 8.71. The minimum Gasteiger partial charge on any atom is -0.481 e. The fraction of sp³-hybridized carbons (Fsp3) is 0.286. The van der Waals surface area contributed by atoms with Crippen molar-refractivity contribution in [1.82, 2.24) is 14.8 Å². The molecule has 0 aliphatic carbocycles. The number of amides is 1. The maximum atomic E-state index is 13.0. The summed E-state index contributed by atoms with van der Waals surface area (Å²) >= 11 is 8.91. The maximum absolute atomic E-state index is 13.0. The Kier molecular flexibility index (Phi) is 9.32. The molecule has 4 aromatic rings. The molecular weight excluding hydrogens is 556 g/mol. The van der Waals surface area contributed by atoms with E-state index in [-0.39, 0.29) is 11.7 Å². The lowest BCUT2D eigenvalue weighted by Gasteiger charge is -2.16. The highest BCUT2D eigenvalue weighted by Crippen LogP contribution is 2.40. The summed E-state index contributed by atoms with van der Waals surface area (Å²) < 4.78 is 13.0. The van der Waals surface area contributed by atoms with E-state index in [9.17, 15) is 9.59 Å². The molecule has 0 saturated carbocycles. The monoisotopic (exact) mass is 584 g/mol. The number of thioether (sulfide) groups is 1. The molecule has 4 rings (SSSR count). The molecule has 1 unspecified atom stereocenters. The molecule has 1 N–H and O–H groups in total. The number of hydrogen-bond acceptors (Lipinski definition) is 8. The van der Waals surface area contributed by atoms with Gasteiger partial charge in [0.25, 0.3) is 0 Å². The summed E-state index contributed by atoms with van der Waals surface area (Å²) in [5, 5.41) is 13.1. The first-order valence-corrected chi connectivity index (χ1v) is 14.5. The summed E-state index contributed by atoms with van der Waals surface area (Å²) in [7, 11) is 1.33. The zero-order valence-electron chi connectivity index (χ0n) is 22.3. The SMILES string of the molecule is CCn1c(SCC(=O)Nc2sc(C)c(-c3ccccc3)c2C(=O)OC)nnc1C(C)Oc1cc(C)ccc1Cl. The number of carbonyl (C=O) groups excluding carboxylic acids is 2. The van der Waals surface area contributed by atoms with Crippen molar-refractivity contribution in [3.8, 4) is 16.9 Å². The van der Waals surface area contributed by atoms with Gasteiger partial charge in [-0.1, -0.05) is 59.8 Å². The first kappa shape index (κ1) is 28.7. The number of hydrogen-bond donors (Lipinski definition) is 1. The number of anilines is 1. The van der Waals surface area contributed by atoms with E-state index in [0.29, 0.717) is 38.9 Å². The van der Waals surface area contributed by atoms with Crippen LogP contribution in [0.25, 0.3) is 11.1 Å². The number of thiophene rings is 1. The van der Waals surface area contributed by atoms with Crippen LogP contribution in [0.4, 0.5) is 5.00 Å². The van der Waals surface area contributed by atoms with Crippen molar-refractivity contribution in [2.45, 2.75) is 45.5 Å². The largest absolute Gasteiger partial charge is 0.481 e. The molecule has 0 bridgehead atoms. The number of halogens is 1. The number of nitrogens with zero attached hydrogens (tertiary/aromatic N) is 3.